The average molecular weight is 327 g/mol. The van der Waals surface area contributed by atoms with Crippen LogP contribution >= 0.6 is 24.0 Å². The van der Waals surface area contributed by atoms with E-state index in [0.29, 0.717) is 0 Å². The minimum Gasteiger partial charge on any atom is -0.314 e. The number of hydrogen-bond acceptors (Lipinski definition) is 3. The van der Waals surface area contributed by atoms with Gasteiger partial charge in [0.1, 0.15) is 5.65 Å². The Labute approximate surface area is 135 Å². The summed E-state index contributed by atoms with van der Waals surface area (Å²) >= 11 is 6.01. The molecule has 2 fully saturated rings. The summed E-state index contributed by atoms with van der Waals surface area (Å²) in [5, 5.41) is 4.36. The Hall–Kier alpha value is -0.810. The smallest absolute Gasteiger partial charge is 0.137 e. The van der Waals surface area contributed by atoms with Gasteiger partial charge in [-0.2, -0.15) is 0 Å². The van der Waals surface area contributed by atoms with Crippen LogP contribution < -0.4 is 5.32 Å². The maximum Gasteiger partial charge on any atom is 0.137 e. The number of imidazole rings is 1. The highest BCUT2D eigenvalue weighted by molar-refractivity contribution is 6.30. The Balaban J connectivity index is 0.00000132. The molecule has 0 amide bonds. The highest BCUT2D eigenvalue weighted by Gasteiger charge is 2.32. The minimum absolute atomic E-state index is 0. The van der Waals surface area contributed by atoms with Gasteiger partial charge in [0.2, 0.25) is 0 Å². The van der Waals surface area contributed by atoms with Crippen molar-refractivity contribution >= 4 is 29.7 Å². The van der Waals surface area contributed by atoms with Crippen molar-refractivity contribution in [2.24, 2.45) is 5.92 Å². The maximum absolute atomic E-state index is 6.01. The molecule has 2 saturated heterocycles. The summed E-state index contributed by atoms with van der Waals surface area (Å²) in [6, 6.07) is 4.62. The van der Waals surface area contributed by atoms with E-state index in [4.69, 9.17) is 11.6 Å². The van der Waals surface area contributed by atoms with Gasteiger partial charge in [0.05, 0.1) is 10.7 Å². The zero-order valence-electron chi connectivity index (χ0n) is 11.8. The van der Waals surface area contributed by atoms with E-state index in [1.807, 2.05) is 22.7 Å². The third-order valence-corrected chi connectivity index (χ3v) is 4.81. The van der Waals surface area contributed by atoms with Crippen LogP contribution in [0.2, 0.25) is 5.02 Å². The molecule has 0 spiro atoms. The van der Waals surface area contributed by atoms with Crippen LogP contribution in [0.1, 0.15) is 18.5 Å². The second kappa shape index (κ2) is 6.13. The van der Waals surface area contributed by atoms with Gasteiger partial charge in [-0.3, -0.25) is 4.90 Å². The van der Waals surface area contributed by atoms with Gasteiger partial charge in [-0.05, 0) is 37.4 Å². The van der Waals surface area contributed by atoms with E-state index in [9.17, 15) is 0 Å². The summed E-state index contributed by atoms with van der Waals surface area (Å²) in [4.78, 5) is 7.22. The predicted octanol–water partition coefficient (Wildman–Crippen LogP) is 2.59. The van der Waals surface area contributed by atoms with Crippen molar-refractivity contribution in [3.63, 3.8) is 0 Å². The van der Waals surface area contributed by atoms with Crippen LogP contribution in [-0.4, -0.2) is 40.0 Å². The van der Waals surface area contributed by atoms with E-state index in [1.165, 1.54) is 32.5 Å². The van der Waals surface area contributed by atoms with Gasteiger partial charge in [-0.15, -0.1) is 12.4 Å². The Bertz CT molecular complexity index is 627. The number of piperidine rings is 1. The highest BCUT2D eigenvalue weighted by Crippen LogP contribution is 2.25. The number of hydrogen-bond donors (Lipinski definition) is 1. The minimum atomic E-state index is 0. The first-order valence-electron chi connectivity index (χ1n) is 7.37. The van der Waals surface area contributed by atoms with E-state index in [0.717, 1.165) is 34.9 Å². The molecule has 0 saturated carbocycles. The Morgan fingerprint density at radius 2 is 2.19 bits per heavy atom. The lowest BCUT2D eigenvalue weighted by molar-refractivity contribution is 0.154. The maximum atomic E-state index is 6.01. The van der Waals surface area contributed by atoms with Crippen LogP contribution in [0.5, 0.6) is 0 Å². The summed E-state index contributed by atoms with van der Waals surface area (Å²) in [6.45, 7) is 4.51. The zero-order chi connectivity index (χ0) is 13.5. The summed E-state index contributed by atoms with van der Waals surface area (Å²) in [5.74, 6) is 0.829. The van der Waals surface area contributed by atoms with E-state index in [-0.39, 0.29) is 12.4 Å². The number of nitrogens with one attached hydrogen (secondary N) is 1. The molecule has 4 rings (SSSR count). The van der Waals surface area contributed by atoms with Crippen molar-refractivity contribution in [1.29, 1.82) is 0 Å². The van der Waals surface area contributed by atoms with E-state index < -0.39 is 0 Å². The number of nitrogens with zero attached hydrogens (tertiary/aromatic N) is 3. The molecule has 0 aromatic carbocycles. The van der Waals surface area contributed by atoms with Crippen LogP contribution in [0.25, 0.3) is 5.65 Å². The standard InChI is InChI=1S/C15H19ClN4.ClH/c16-12-1-2-15-18-13(10-20(15)8-12)9-19-6-4-14-11(7-19)3-5-17-14;/h1-2,8,10-11,14,17H,3-7,9H2;1H. The SMILES string of the molecule is Cl.Clc1ccc2nc(CN3CCC4NCCC4C3)cn2c1. The first-order chi connectivity index (χ1) is 9.78. The lowest BCUT2D eigenvalue weighted by Crippen LogP contribution is -2.43. The van der Waals surface area contributed by atoms with Crippen molar-refractivity contribution < 1.29 is 0 Å². The fourth-order valence-corrected chi connectivity index (χ4v) is 3.76. The summed E-state index contributed by atoms with van der Waals surface area (Å²) in [6.07, 6.45) is 6.60. The normalized spacial score (nSPS) is 25.8. The predicted molar refractivity (Wildman–Crippen MR) is 87.2 cm³/mol. The first-order valence-corrected chi connectivity index (χ1v) is 7.74. The highest BCUT2D eigenvalue weighted by atomic mass is 35.5. The van der Waals surface area contributed by atoms with Gasteiger partial charge in [-0.25, -0.2) is 4.98 Å². The molecule has 2 aromatic heterocycles. The molecule has 0 radical (unpaired) electrons. The van der Waals surface area contributed by atoms with E-state index >= 15 is 0 Å². The number of halogens is 2. The van der Waals surface area contributed by atoms with E-state index in [1.54, 1.807) is 0 Å². The lowest BCUT2D eigenvalue weighted by atomic mass is 9.93. The van der Waals surface area contributed by atoms with Crippen LogP contribution in [0, 0.1) is 5.92 Å². The van der Waals surface area contributed by atoms with Crippen molar-refractivity contribution in [3.05, 3.63) is 35.2 Å². The number of likely N-dealkylation sites (tertiary alicyclic amines) is 1. The summed E-state index contributed by atoms with van der Waals surface area (Å²) in [5.41, 5.74) is 2.11. The Kier molecular flexibility index (Phi) is 4.41. The zero-order valence-corrected chi connectivity index (χ0v) is 13.4. The molecule has 2 aromatic rings. The first kappa shape index (κ1) is 15.1. The molecular weight excluding hydrogens is 307 g/mol. The van der Waals surface area contributed by atoms with Crippen molar-refractivity contribution in [1.82, 2.24) is 19.6 Å². The number of fused-ring (bicyclic) bond motifs is 2. The molecule has 1 N–H and O–H groups in total. The van der Waals surface area contributed by atoms with Crippen molar-refractivity contribution in [2.45, 2.75) is 25.4 Å². The molecule has 4 nitrogen and oxygen atoms in total. The number of rotatable bonds is 2. The molecular formula is C15H20Cl2N4. The van der Waals surface area contributed by atoms with Crippen LogP contribution in [0.4, 0.5) is 0 Å². The second-order valence-electron chi connectivity index (χ2n) is 5.98. The molecule has 4 heterocycles. The van der Waals surface area contributed by atoms with Gasteiger partial charge < -0.3 is 9.72 Å². The molecule has 2 aliphatic rings. The van der Waals surface area contributed by atoms with Gasteiger partial charge in [0, 0.05) is 38.1 Å². The molecule has 2 unspecified atom stereocenters. The average Bonchev–Trinajstić information content (AvgIpc) is 3.03. The van der Waals surface area contributed by atoms with Crippen LogP contribution in [-0.2, 0) is 6.54 Å². The van der Waals surface area contributed by atoms with Gasteiger partial charge in [-0.1, -0.05) is 11.6 Å². The fourth-order valence-electron chi connectivity index (χ4n) is 3.59. The molecule has 21 heavy (non-hydrogen) atoms. The number of pyridine rings is 1. The molecule has 114 valence electrons. The van der Waals surface area contributed by atoms with E-state index in [2.05, 4.69) is 21.4 Å². The molecule has 0 bridgehead atoms. The van der Waals surface area contributed by atoms with Crippen molar-refractivity contribution in [3.8, 4) is 0 Å². The third kappa shape index (κ3) is 3.04. The number of aromatic nitrogens is 2. The van der Waals surface area contributed by atoms with Gasteiger partial charge >= 0.3 is 0 Å². The molecule has 0 aliphatic carbocycles. The second-order valence-corrected chi connectivity index (χ2v) is 6.41. The topological polar surface area (TPSA) is 32.6 Å². The van der Waals surface area contributed by atoms with Crippen LogP contribution in [0.15, 0.2) is 24.5 Å². The van der Waals surface area contributed by atoms with Crippen LogP contribution in [0.3, 0.4) is 0 Å². The van der Waals surface area contributed by atoms with Gasteiger partial charge in [0.15, 0.2) is 0 Å². The summed E-state index contributed by atoms with van der Waals surface area (Å²) in [7, 11) is 0. The molecule has 2 atom stereocenters. The lowest BCUT2D eigenvalue weighted by Gasteiger charge is -2.34. The largest absolute Gasteiger partial charge is 0.314 e. The Morgan fingerprint density at radius 3 is 3.10 bits per heavy atom. The third-order valence-electron chi connectivity index (χ3n) is 4.59. The van der Waals surface area contributed by atoms with Gasteiger partial charge in [0.25, 0.3) is 0 Å². The molecule has 6 heteroatoms. The summed E-state index contributed by atoms with van der Waals surface area (Å²) < 4.78 is 2.02. The Morgan fingerprint density at radius 1 is 1.29 bits per heavy atom. The fraction of sp³-hybridized carbons (Fsp3) is 0.533. The van der Waals surface area contributed by atoms with Crippen molar-refractivity contribution in [2.75, 3.05) is 19.6 Å². The quantitative estimate of drug-likeness (QED) is 0.920. The molecule has 2 aliphatic heterocycles. The monoisotopic (exact) mass is 326 g/mol.